The van der Waals surface area contributed by atoms with Crippen molar-refractivity contribution in [1.29, 1.82) is 0 Å². The highest BCUT2D eigenvalue weighted by molar-refractivity contribution is 7.91. The number of benzene rings is 1. The van der Waals surface area contributed by atoms with Crippen LogP contribution in [0.4, 0.5) is 4.39 Å². The van der Waals surface area contributed by atoms with Crippen LogP contribution in [0.1, 0.15) is 24.2 Å². The van der Waals surface area contributed by atoms with Crippen LogP contribution in [0.15, 0.2) is 41.0 Å². The predicted molar refractivity (Wildman–Crippen MR) is 96.0 cm³/mol. The van der Waals surface area contributed by atoms with Gasteiger partial charge in [0.25, 0.3) is 0 Å². The number of rotatable bonds is 5. The molecule has 3 rings (SSSR count). The number of carbonyl (C=O) groups excluding carboxylic acids is 1. The Kier molecular flexibility index (Phi) is 5.67. The highest BCUT2D eigenvalue weighted by Crippen LogP contribution is 2.24. The average Bonchev–Trinajstić information content (AvgIpc) is 3.10. The molecule has 140 valence electrons. The summed E-state index contributed by atoms with van der Waals surface area (Å²) in [5, 5.41) is -0.289. The van der Waals surface area contributed by atoms with E-state index in [4.69, 9.17) is 16.0 Å². The van der Waals surface area contributed by atoms with Crippen molar-refractivity contribution in [3.8, 4) is 0 Å². The molecule has 1 saturated heterocycles. The van der Waals surface area contributed by atoms with E-state index in [1.54, 1.807) is 23.1 Å². The molecule has 0 N–H and O–H groups in total. The van der Waals surface area contributed by atoms with E-state index < -0.39 is 20.9 Å². The number of hydrogen-bond donors (Lipinski definition) is 0. The number of sulfone groups is 1. The Hall–Kier alpha value is -1.86. The van der Waals surface area contributed by atoms with Crippen LogP contribution >= 0.6 is 11.6 Å². The molecule has 2 heterocycles. The fraction of sp³-hybridized carbons (Fsp3) is 0.389. The number of furan rings is 1. The third kappa shape index (κ3) is 4.27. The Morgan fingerprint density at radius 2 is 1.96 bits per heavy atom. The van der Waals surface area contributed by atoms with Crippen molar-refractivity contribution >= 4 is 27.3 Å². The van der Waals surface area contributed by atoms with Crippen molar-refractivity contribution in [2.45, 2.75) is 30.3 Å². The quantitative estimate of drug-likeness (QED) is 0.774. The maximum Gasteiger partial charge on any atom is 0.227 e. The Balaban J connectivity index is 1.59. The van der Waals surface area contributed by atoms with E-state index in [1.165, 1.54) is 18.4 Å². The minimum Gasteiger partial charge on any atom is -0.468 e. The molecule has 1 aliphatic heterocycles. The third-order valence-electron chi connectivity index (χ3n) is 4.62. The Morgan fingerprint density at radius 1 is 1.23 bits per heavy atom. The first-order valence-electron chi connectivity index (χ1n) is 8.31. The van der Waals surface area contributed by atoms with Crippen molar-refractivity contribution in [1.82, 2.24) is 4.90 Å². The first kappa shape index (κ1) is 18.9. The SMILES string of the molecule is O=C(Cc1c(F)cccc1Cl)N1CCC(S(=O)(=O)Cc2ccco2)CC1. The van der Waals surface area contributed by atoms with Gasteiger partial charge in [-0.3, -0.25) is 4.79 Å². The van der Waals surface area contributed by atoms with Gasteiger partial charge >= 0.3 is 0 Å². The molecular weight excluding hydrogens is 381 g/mol. The summed E-state index contributed by atoms with van der Waals surface area (Å²) >= 11 is 5.96. The first-order valence-corrected chi connectivity index (χ1v) is 10.4. The van der Waals surface area contributed by atoms with Gasteiger partial charge in [0, 0.05) is 23.7 Å². The van der Waals surface area contributed by atoms with Gasteiger partial charge in [0.1, 0.15) is 17.3 Å². The number of halogens is 2. The lowest BCUT2D eigenvalue weighted by atomic mass is 10.1. The second-order valence-corrected chi connectivity index (χ2v) is 9.03. The van der Waals surface area contributed by atoms with Gasteiger partial charge < -0.3 is 9.32 Å². The summed E-state index contributed by atoms with van der Waals surface area (Å²) in [4.78, 5) is 14.0. The molecule has 0 unspecified atom stereocenters. The van der Waals surface area contributed by atoms with Gasteiger partial charge in [0.2, 0.25) is 5.91 Å². The molecule has 1 aromatic heterocycles. The summed E-state index contributed by atoms with van der Waals surface area (Å²) in [6, 6.07) is 7.58. The topological polar surface area (TPSA) is 67.6 Å². The largest absolute Gasteiger partial charge is 0.468 e. The van der Waals surface area contributed by atoms with E-state index in [-0.39, 0.29) is 28.7 Å². The van der Waals surface area contributed by atoms with E-state index >= 15 is 0 Å². The zero-order chi connectivity index (χ0) is 18.7. The number of hydrogen-bond acceptors (Lipinski definition) is 4. The Morgan fingerprint density at radius 3 is 2.58 bits per heavy atom. The lowest BCUT2D eigenvalue weighted by molar-refractivity contribution is -0.131. The molecule has 26 heavy (non-hydrogen) atoms. The minimum absolute atomic E-state index is 0.130. The van der Waals surface area contributed by atoms with Crippen LogP contribution in [0.3, 0.4) is 0 Å². The second kappa shape index (κ2) is 7.80. The maximum absolute atomic E-state index is 13.8. The molecule has 1 aromatic carbocycles. The summed E-state index contributed by atoms with van der Waals surface area (Å²) < 4.78 is 43.9. The van der Waals surface area contributed by atoms with Crippen LogP contribution < -0.4 is 0 Å². The van der Waals surface area contributed by atoms with Crippen LogP contribution in [0, 0.1) is 5.82 Å². The molecule has 8 heteroatoms. The smallest absolute Gasteiger partial charge is 0.227 e. The van der Waals surface area contributed by atoms with Crippen LogP contribution in [0.5, 0.6) is 0 Å². The number of likely N-dealkylation sites (tertiary alicyclic amines) is 1. The molecule has 0 aliphatic carbocycles. The van der Waals surface area contributed by atoms with Crippen LogP contribution in [-0.2, 0) is 26.8 Å². The van der Waals surface area contributed by atoms with Gasteiger partial charge in [-0.05, 0) is 37.1 Å². The molecule has 5 nitrogen and oxygen atoms in total. The standard InChI is InChI=1S/C18H19ClFNO4S/c19-16-4-1-5-17(20)15(16)11-18(22)21-8-6-14(7-9-21)26(23,24)12-13-3-2-10-25-13/h1-5,10,14H,6-9,11-12H2. The van der Waals surface area contributed by atoms with Gasteiger partial charge in [-0.1, -0.05) is 17.7 Å². The lowest BCUT2D eigenvalue weighted by Crippen LogP contribution is -2.43. The summed E-state index contributed by atoms with van der Waals surface area (Å²) in [7, 11) is -3.34. The molecule has 0 bridgehead atoms. The van der Waals surface area contributed by atoms with Gasteiger partial charge in [0.15, 0.2) is 9.84 Å². The van der Waals surface area contributed by atoms with Crippen molar-refractivity contribution in [3.05, 3.63) is 58.8 Å². The number of nitrogens with zero attached hydrogens (tertiary/aromatic N) is 1. The zero-order valence-corrected chi connectivity index (χ0v) is 15.6. The molecule has 0 atom stereocenters. The van der Waals surface area contributed by atoms with E-state index in [2.05, 4.69) is 0 Å². The van der Waals surface area contributed by atoms with Gasteiger partial charge in [-0.2, -0.15) is 0 Å². The third-order valence-corrected chi connectivity index (χ3v) is 7.14. The van der Waals surface area contributed by atoms with Gasteiger partial charge in [-0.15, -0.1) is 0 Å². The molecule has 1 aliphatic rings. The molecule has 0 spiro atoms. The van der Waals surface area contributed by atoms with Crippen LogP contribution in [0.25, 0.3) is 0 Å². The van der Waals surface area contributed by atoms with Crippen molar-refractivity contribution < 1.29 is 22.0 Å². The fourth-order valence-electron chi connectivity index (χ4n) is 3.14. The molecule has 1 fully saturated rings. The average molecular weight is 400 g/mol. The van der Waals surface area contributed by atoms with Crippen molar-refractivity contribution in [3.63, 3.8) is 0 Å². The summed E-state index contributed by atoms with van der Waals surface area (Å²) in [6.07, 6.45) is 2.04. The highest BCUT2D eigenvalue weighted by atomic mass is 35.5. The van der Waals surface area contributed by atoms with Crippen molar-refractivity contribution in [2.75, 3.05) is 13.1 Å². The summed E-state index contributed by atoms with van der Waals surface area (Å²) in [6.45, 7) is 0.653. The fourth-order valence-corrected chi connectivity index (χ4v) is 5.09. The Bertz CT molecular complexity index is 854. The van der Waals surface area contributed by atoms with Gasteiger partial charge in [-0.25, -0.2) is 12.8 Å². The second-order valence-electron chi connectivity index (χ2n) is 6.34. The van der Waals surface area contributed by atoms with E-state index in [0.29, 0.717) is 31.7 Å². The van der Waals surface area contributed by atoms with Gasteiger partial charge in [0.05, 0.1) is 17.9 Å². The molecule has 0 saturated carbocycles. The minimum atomic E-state index is -3.34. The predicted octanol–water partition coefficient (Wildman–Crippen LogP) is 3.22. The zero-order valence-electron chi connectivity index (χ0n) is 14.0. The number of amides is 1. The Labute approximate surface area is 156 Å². The van der Waals surface area contributed by atoms with Crippen LogP contribution in [0.2, 0.25) is 5.02 Å². The molecule has 2 aromatic rings. The van der Waals surface area contributed by atoms with Crippen LogP contribution in [-0.4, -0.2) is 37.6 Å². The van der Waals surface area contributed by atoms with E-state index in [9.17, 15) is 17.6 Å². The lowest BCUT2D eigenvalue weighted by Gasteiger charge is -2.31. The number of piperidine rings is 1. The summed E-state index contributed by atoms with van der Waals surface area (Å²) in [5.41, 5.74) is 0.173. The monoisotopic (exact) mass is 399 g/mol. The number of carbonyl (C=O) groups is 1. The molecular formula is C18H19ClFNO4S. The first-order chi connectivity index (χ1) is 12.4. The maximum atomic E-state index is 13.8. The normalized spacial score (nSPS) is 16.0. The molecule has 0 radical (unpaired) electrons. The van der Waals surface area contributed by atoms with E-state index in [0.717, 1.165) is 0 Å². The molecule has 1 amide bonds. The summed E-state index contributed by atoms with van der Waals surface area (Å²) in [5.74, 6) is -0.484. The van der Waals surface area contributed by atoms with Crippen molar-refractivity contribution in [2.24, 2.45) is 0 Å². The highest BCUT2D eigenvalue weighted by Gasteiger charge is 2.32. The van der Waals surface area contributed by atoms with E-state index in [1.807, 2.05) is 0 Å².